The van der Waals surface area contributed by atoms with E-state index in [0.717, 1.165) is 43.4 Å². The number of likely N-dealkylation sites (tertiary alicyclic amines) is 1. The zero-order valence-corrected chi connectivity index (χ0v) is 41.9. The molecule has 14 heteroatoms. The third kappa shape index (κ3) is 16.5. The van der Waals surface area contributed by atoms with Crippen LogP contribution in [0.2, 0.25) is 0 Å². The van der Waals surface area contributed by atoms with Gasteiger partial charge in [-0.3, -0.25) is 14.5 Å². The predicted molar refractivity (Wildman–Crippen MR) is 263 cm³/mol. The van der Waals surface area contributed by atoms with Gasteiger partial charge in [-0.1, -0.05) is 119 Å². The number of hydrogen-bond donors (Lipinski definition) is 4. The minimum Gasteiger partial charge on any atom is -0.391 e. The van der Waals surface area contributed by atoms with E-state index >= 15 is 0 Å². The third-order valence-corrected chi connectivity index (χ3v) is 17.1. The minimum absolute atomic E-state index is 0.00483. The maximum atomic E-state index is 13.4. The normalized spacial score (nSPS) is 23.1. The molecule has 66 heavy (non-hydrogen) atoms. The molecule has 1 unspecified atom stereocenters. The molecule has 12 nitrogen and oxygen atoms in total. The summed E-state index contributed by atoms with van der Waals surface area (Å²) in [5, 5.41) is 28.5. The lowest BCUT2D eigenvalue weighted by molar-refractivity contribution is -0.133. The van der Waals surface area contributed by atoms with Gasteiger partial charge >= 0.3 is 0 Å². The number of fused-ring (bicyclic) bond motifs is 1. The van der Waals surface area contributed by atoms with Gasteiger partial charge in [-0.25, -0.2) is 16.8 Å². The van der Waals surface area contributed by atoms with E-state index in [1.54, 1.807) is 30.3 Å². The largest absolute Gasteiger partial charge is 0.391 e. The van der Waals surface area contributed by atoms with Crippen LogP contribution in [-0.4, -0.2) is 116 Å². The highest BCUT2D eigenvalue weighted by molar-refractivity contribution is 7.91. The lowest BCUT2D eigenvalue weighted by atomic mass is 9.72. The second-order valence-corrected chi connectivity index (χ2v) is 24.8. The summed E-state index contributed by atoms with van der Waals surface area (Å²) in [5.74, 6) is 0.449. The number of hydrogen-bond acceptors (Lipinski definition) is 9. The number of aliphatic hydroxyl groups is 2. The summed E-state index contributed by atoms with van der Waals surface area (Å²) in [6.45, 7) is 13.6. The van der Waals surface area contributed by atoms with Gasteiger partial charge < -0.3 is 20.8 Å². The second kappa shape index (κ2) is 24.6. The fraction of sp³-hybridized carbons (Fsp3) is 0.615. The second-order valence-electron chi connectivity index (χ2n) is 20.7. The van der Waals surface area contributed by atoms with E-state index in [9.17, 15) is 36.6 Å². The fourth-order valence-electron chi connectivity index (χ4n) is 9.64. The summed E-state index contributed by atoms with van der Waals surface area (Å²) in [6, 6.07) is 27.2. The number of carbonyl (C=O) groups excluding carboxylic acids is 2. The summed E-state index contributed by atoms with van der Waals surface area (Å²) in [6.07, 6.45) is 6.75. The molecule has 8 atom stereocenters. The van der Waals surface area contributed by atoms with Gasteiger partial charge in [0.05, 0.1) is 46.6 Å². The lowest BCUT2D eigenvalue weighted by Gasteiger charge is -2.47. The van der Waals surface area contributed by atoms with Crippen molar-refractivity contribution < 1.29 is 36.6 Å². The average Bonchev–Trinajstić information content (AvgIpc) is 3.27. The Morgan fingerprint density at radius 2 is 1.36 bits per heavy atom. The van der Waals surface area contributed by atoms with Crippen LogP contribution in [0.3, 0.4) is 0 Å². The van der Waals surface area contributed by atoms with Gasteiger partial charge in [0.2, 0.25) is 21.8 Å². The number of piperidine rings is 1. The van der Waals surface area contributed by atoms with Crippen molar-refractivity contribution >= 4 is 31.7 Å². The van der Waals surface area contributed by atoms with Crippen molar-refractivity contribution in [3.63, 3.8) is 0 Å². The highest BCUT2D eigenvalue weighted by atomic mass is 32.2. The molecule has 0 bridgehead atoms. The Labute approximate surface area is 396 Å². The van der Waals surface area contributed by atoms with Crippen molar-refractivity contribution in [3.8, 4) is 0 Å². The molecule has 4 N–H and O–H groups in total. The predicted octanol–water partition coefficient (Wildman–Crippen LogP) is 6.66. The van der Waals surface area contributed by atoms with Crippen molar-refractivity contribution in [3.05, 3.63) is 102 Å². The number of β-amino-alcohol motifs (C(OH)–C–C–N with tert-alkyl or cyclic N) is 1. The molecule has 6 rings (SSSR count). The van der Waals surface area contributed by atoms with Crippen LogP contribution in [0.1, 0.15) is 104 Å². The van der Waals surface area contributed by atoms with E-state index in [2.05, 4.69) is 29.4 Å². The van der Waals surface area contributed by atoms with Crippen LogP contribution in [0.25, 0.3) is 0 Å². The summed E-state index contributed by atoms with van der Waals surface area (Å²) >= 11 is 0. The van der Waals surface area contributed by atoms with Gasteiger partial charge in [0, 0.05) is 31.7 Å². The van der Waals surface area contributed by atoms with Crippen LogP contribution in [0, 0.1) is 29.6 Å². The number of amides is 2. The van der Waals surface area contributed by atoms with Crippen molar-refractivity contribution in [2.75, 3.05) is 37.7 Å². The van der Waals surface area contributed by atoms with Crippen LogP contribution in [0.15, 0.2) is 95.9 Å². The Balaban J connectivity index is 0.000000265. The van der Waals surface area contributed by atoms with E-state index in [1.807, 2.05) is 88.4 Å². The zero-order valence-electron chi connectivity index (χ0n) is 40.2. The standard InChI is InChI=1S/C30H47N3O5S.C22H31NO3S/c1-30(2,3)32-29(36)26-17-22-12-7-8-13-23(22)18-33(26)19-27(34)25(16-21-10-5-4-6-11-21)31-28(35)24-14-9-15-39(37,38)20-24;1-18(2)14-15-23(27(25,26)21-12-8-5-9-13-21)17-22(24)19(3)16-20-10-6-4-7-11-20/h4-6,10-11,22-27,34H,7-9,12-20H2,1-3H3,(H,31,35)(H,32,36);4-13,18-19,22,24H,14-17H2,1-3H3/t22-,23+,24?,25-,26-,27+;19-,22+/m00/s1. The molecule has 3 aliphatic rings. The van der Waals surface area contributed by atoms with Gasteiger partial charge in [-0.15, -0.1) is 0 Å². The molecule has 3 fully saturated rings. The van der Waals surface area contributed by atoms with Gasteiger partial charge in [-0.2, -0.15) is 4.31 Å². The van der Waals surface area contributed by atoms with Gasteiger partial charge in [-0.05, 0) is 113 Å². The fourth-order valence-corrected chi connectivity index (χ4v) is 12.8. The highest BCUT2D eigenvalue weighted by Gasteiger charge is 2.42. The first kappa shape index (κ1) is 53.3. The Kier molecular flexibility index (Phi) is 19.8. The van der Waals surface area contributed by atoms with Gasteiger partial charge in [0.15, 0.2) is 9.84 Å². The van der Waals surface area contributed by atoms with Gasteiger partial charge in [0.25, 0.3) is 0 Å². The summed E-state index contributed by atoms with van der Waals surface area (Å²) in [5.41, 5.74) is 1.77. The Morgan fingerprint density at radius 3 is 1.94 bits per heavy atom. The number of carbonyl (C=O) groups is 2. The van der Waals surface area contributed by atoms with E-state index in [0.29, 0.717) is 50.0 Å². The summed E-state index contributed by atoms with van der Waals surface area (Å²) < 4.78 is 51.9. The first-order valence-corrected chi connectivity index (χ1v) is 27.5. The van der Waals surface area contributed by atoms with Crippen LogP contribution < -0.4 is 10.6 Å². The Bertz CT molecular complexity index is 2170. The summed E-state index contributed by atoms with van der Waals surface area (Å²) in [4.78, 5) is 29.1. The van der Waals surface area contributed by atoms with E-state index in [4.69, 9.17) is 0 Å². The first-order valence-electron chi connectivity index (χ1n) is 24.3. The molecule has 1 saturated carbocycles. The SMILES string of the molecule is CC(C)(C)NC(=O)[C@@H]1C[C@@H]2CCCC[C@@H]2CN1C[C@@H](O)[C@H](Cc1ccccc1)NC(=O)C1CCCS(=O)(=O)C1.CC(C)CCN(C[C@@H](O)[C@@H](C)Cc1ccccc1)S(=O)(=O)c1ccccc1. The molecule has 366 valence electrons. The van der Waals surface area contributed by atoms with Crippen LogP contribution in [-0.2, 0) is 42.3 Å². The molecule has 2 aliphatic heterocycles. The average molecular weight is 951 g/mol. The van der Waals surface area contributed by atoms with Crippen LogP contribution in [0.4, 0.5) is 0 Å². The molecular formula is C52H78N4O8S2. The Hall–Kier alpha value is -3.66. The maximum absolute atomic E-state index is 13.4. The molecule has 0 aromatic heterocycles. The third-order valence-electron chi connectivity index (χ3n) is 13.4. The molecule has 2 heterocycles. The number of benzene rings is 3. The topological polar surface area (TPSA) is 173 Å². The molecule has 0 spiro atoms. The molecule has 2 amide bonds. The quantitative estimate of drug-likeness (QED) is 0.109. The van der Waals surface area contributed by atoms with Crippen LogP contribution >= 0.6 is 0 Å². The molecular weight excluding hydrogens is 873 g/mol. The van der Waals surface area contributed by atoms with Crippen molar-refractivity contribution in [1.29, 1.82) is 0 Å². The molecule has 2 saturated heterocycles. The molecule has 3 aromatic carbocycles. The van der Waals surface area contributed by atoms with Crippen molar-refractivity contribution in [2.45, 2.75) is 140 Å². The number of rotatable bonds is 18. The molecule has 0 radical (unpaired) electrons. The first-order chi connectivity index (χ1) is 31.2. The molecule has 1 aliphatic carbocycles. The monoisotopic (exact) mass is 951 g/mol. The number of aliphatic hydroxyl groups excluding tert-OH is 2. The number of sulfone groups is 1. The Morgan fingerprint density at radius 1 is 0.788 bits per heavy atom. The summed E-state index contributed by atoms with van der Waals surface area (Å²) in [7, 11) is -6.86. The highest BCUT2D eigenvalue weighted by Crippen LogP contribution is 2.39. The number of nitrogens with zero attached hydrogens (tertiary/aromatic N) is 2. The number of sulfonamides is 1. The zero-order chi connectivity index (χ0) is 48.1. The van der Waals surface area contributed by atoms with Crippen molar-refractivity contribution in [1.82, 2.24) is 19.8 Å². The minimum atomic E-state index is -3.62. The van der Waals surface area contributed by atoms with Crippen molar-refractivity contribution in [2.24, 2.45) is 29.6 Å². The lowest BCUT2D eigenvalue weighted by Crippen LogP contribution is -2.60. The number of nitrogens with one attached hydrogen (secondary N) is 2. The smallest absolute Gasteiger partial charge is 0.243 e. The van der Waals surface area contributed by atoms with E-state index in [1.165, 1.54) is 17.1 Å². The van der Waals surface area contributed by atoms with E-state index < -0.39 is 44.0 Å². The van der Waals surface area contributed by atoms with Gasteiger partial charge in [0.1, 0.15) is 0 Å². The van der Waals surface area contributed by atoms with Crippen LogP contribution in [0.5, 0.6) is 0 Å². The molecule has 3 aromatic rings. The maximum Gasteiger partial charge on any atom is 0.243 e. The van der Waals surface area contributed by atoms with E-state index in [-0.39, 0.29) is 58.8 Å².